The molecular formula is C26H48. The van der Waals surface area contributed by atoms with Gasteiger partial charge in [0, 0.05) is 1.43 Å². The van der Waals surface area contributed by atoms with Crippen molar-refractivity contribution in [2.45, 2.75) is 111 Å². The molecule has 0 amide bonds. The molecule has 0 aromatic heterocycles. The van der Waals surface area contributed by atoms with Crippen molar-refractivity contribution in [3.8, 4) is 0 Å². The van der Waals surface area contributed by atoms with Crippen molar-refractivity contribution in [3.63, 3.8) is 0 Å². The van der Waals surface area contributed by atoms with Gasteiger partial charge in [-0.3, -0.25) is 0 Å². The summed E-state index contributed by atoms with van der Waals surface area (Å²) in [6.45, 7) is 7.47. The Morgan fingerprint density at radius 1 is 0.731 bits per heavy atom. The summed E-state index contributed by atoms with van der Waals surface area (Å²) in [5.74, 6) is 9.91. The minimum atomic E-state index is 0. The molecule has 9 atom stereocenters. The summed E-state index contributed by atoms with van der Waals surface area (Å²) < 4.78 is 0. The zero-order chi connectivity index (χ0) is 18.1. The van der Waals surface area contributed by atoms with Crippen LogP contribution in [-0.2, 0) is 0 Å². The van der Waals surface area contributed by atoms with Gasteiger partial charge in [-0.05, 0) is 105 Å². The van der Waals surface area contributed by atoms with E-state index in [1.807, 2.05) is 0 Å². The molecule has 0 aromatic carbocycles. The van der Waals surface area contributed by atoms with E-state index in [0.717, 1.165) is 53.3 Å². The Labute approximate surface area is 165 Å². The Morgan fingerprint density at radius 3 is 2.23 bits per heavy atom. The van der Waals surface area contributed by atoms with Gasteiger partial charge in [-0.1, -0.05) is 59.3 Å². The molecule has 4 aliphatic carbocycles. The maximum absolute atomic E-state index is 2.62. The molecule has 0 radical (unpaired) electrons. The molecule has 0 aromatic rings. The van der Waals surface area contributed by atoms with Crippen LogP contribution in [-0.4, -0.2) is 0 Å². The van der Waals surface area contributed by atoms with Crippen molar-refractivity contribution >= 4 is 0 Å². The highest BCUT2D eigenvalue weighted by Gasteiger charge is 2.51. The topological polar surface area (TPSA) is 0 Å². The molecule has 0 N–H and O–H groups in total. The van der Waals surface area contributed by atoms with E-state index in [4.69, 9.17) is 0 Å². The van der Waals surface area contributed by atoms with Gasteiger partial charge in [-0.25, -0.2) is 0 Å². The highest BCUT2D eigenvalue weighted by Crippen LogP contribution is 2.60. The first-order valence-electron chi connectivity index (χ1n) is 12.7. The monoisotopic (exact) mass is 360 g/mol. The van der Waals surface area contributed by atoms with Gasteiger partial charge in [0.05, 0.1) is 0 Å². The van der Waals surface area contributed by atoms with Gasteiger partial charge in [0.2, 0.25) is 0 Å². The van der Waals surface area contributed by atoms with Crippen LogP contribution in [0.1, 0.15) is 112 Å². The molecule has 152 valence electrons. The summed E-state index contributed by atoms with van der Waals surface area (Å²) in [7, 11) is 0. The quantitative estimate of drug-likeness (QED) is 0.417. The van der Waals surface area contributed by atoms with Crippen LogP contribution in [0.15, 0.2) is 0 Å². The lowest BCUT2D eigenvalue weighted by atomic mass is 9.52. The van der Waals surface area contributed by atoms with E-state index < -0.39 is 0 Å². The van der Waals surface area contributed by atoms with Gasteiger partial charge in [-0.2, -0.15) is 0 Å². The van der Waals surface area contributed by atoms with Crippen LogP contribution in [0.4, 0.5) is 0 Å². The van der Waals surface area contributed by atoms with E-state index in [1.165, 1.54) is 38.5 Å². The second-order valence-electron chi connectivity index (χ2n) is 11.2. The van der Waals surface area contributed by atoms with E-state index in [2.05, 4.69) is 20.8 Å². The molecule has 0 heterocycles. The second kappa shape index (κ2) is 8.57. The largest absolute Gasteiger partial charge is 0.0654 e. The van der Waals surface area contributed by atoms with Crippen LogP contribution in [0.5, 0.6) is 0 Å². The van der Waals surface area contributed by atoms with Crippen molar-refractivity contribution in [2.24, 2.45) is 53.3 Å². The fourth-order valence-corrected chi connectivity index (χ4v) is 8.60. The van der Waals surface area contributed by atoms with Crippen molar-refractivity contribution in [2.75, 3.05) is 0 Å². The number of hydrogen-bond donors (Lipinski definition) is 0. The Balaban J connectivity index is 0.00000210. The van der Waals surface area contributed by atoms with Gasteiger partial charge < -0.3 is 0 Å². The fourth-order valence-electron chi connectivity index (χ4n) is 8.60. The molecule has 9 unspecified atom stereocenters. The van der Waals surface area contributed by atoms with E-state index in [9.17, 15) is 0 Å². The number of rotatable bonds is 6. The first kappa shape index (κ1) is 19.3. The molecule has 0 nitrogen and oxygen atoms in total. The predicted octanol–water partition coefficient (Wildman–Crippen LogP) is 8.35. The van der Waals surface area contributed by atoms with Crippen molar-refractivity contribution in [3.05, 3.63) is 0 Å². The van der Waals surface area contributed by atoms with Crippen LogP contribution in [0.2, 0.25) is 0 Å². The van der Waals surface area contributed by atoms with E-state index in [0.29, 0.717) is 0 Å². The van der Waals surface area contributed by atoms with Crippen molar-refractivity contribution < 1.29 is 1.43 Å². The molecule has 0 aliphatic heterocycles. The SMILES string of the molecule is CCCCCCC(C)C1CCC2C1CCC1C3CCC(C)CC3CCC12.[HH]. The van der Waals surface area contributed by atoms with Crippen LogP contribution in [0.25, 0.3) is 0 Å². The number of unbranched alkanes of at least 4 members (excludes halogenated alkanes) is 3. The lowest BCUT2D eigenvalue weighted by molar-refractivity contribution is -0.0356. The summed E-state index contributed by atoms with van der Waals surface area (Å²) in [5.41, 5.74) is 0. The highest BCUT2D eigenvalue weighted by atomic mass is 14.6. The zero-order valence-corrected chi connectivity index (χ0v) is 18.1. The van der Waals surface area contributed by atoms with Gasteiger partial charge in [0.1, 0.15) is 0 Å². The standard InChI is InChI=1S/C26H46.H2/c1-4-5-6-7-8-19(3)21-13-14-26-23(21)15-16-24-22-11-9-18(2)17-20(22)10-12-25(24)26;/h18-26H,4-17H2,1-3H3;1H. The molecule has 4 aliphatic rings. The van der Waals surface area contributed by atoms with Gasteiger partial charge >= 0.3 is 0 Å². The summed E-state index contributed by atoms with van der Waals surface area (Å²) in [5, 5.41) is 0. The second-order valence-corrected chi connectivity index (χ2v) is 11.2. The Kier molecular flexibility index (Phi) is 6.37. The first-order chi connectivity index (χ1) is 12.7. The summed E-state index contributed by atoms with van der Waals surface area (Å²) in [6, 6.07) is 0. The minimum absolute atomic E-state index is 0. The van der Waals surface area contributed by atoms with Gasteiger partial charge in [0.25, 0.3) is 0 Å². The Morgan fingerprint density at radius 2 is 1.38 bits per heavy atom. The molecule has 0 heteroatoms. The van der Waals surface area contributed by atoms with Crippen molar-refractivity contribution in [1.82, 2.24) is 0 Å². The Bertz CT molecular complexity index is 445. The third-order valence-electron chi connectivity index (χ3n) is 9.83. The zero-order valence-electron chi connectivity index (χ0n) is 18.1. The third-order valence-corrected chi connectivity index (χ3v) is 9.83. The molecule has 4 fully saturated rings. The van der Waals surface area contributed by atoms with Crippen molar-refractivity contribution in [1.29, 1.82) is 0 Å². The van der Waals surface area contributed by atoms with E-state index in [-0.39, 0.29) is 1.43 Å². The average Bonchev–Trinajstić information content (AvgIpc) is 3.09. The summed E-state index contributed by atoms with van der Waals surface area (Å²) in [6.07, 6.45) is 21.6. The highest BCUT2D eigenvalue weighted by molar-refractivity contribution is 5.01. The summed E-state index contributed by atoms with van der Waals surface area (Å²) in [4.78, 5) is 0. The smallest absolute Gasteiger partial charge is 0 e. The maximum atomic E-state index is 2.62. The molecule has 0 bridgehead atoms. The van der Waals surface area contributed by atoms with Gasteiger partial charge in [-0.15, -0.1) is 0 Å². The molecule has 0 spiro atoms. The Hall–Kier alpha value is 0. The van der Waals surface area contributed by atoms with Crippen LogP contribution in [0, 0.1) is 53.3 Å². The molecule has 0 saturated heterocycles. The predicted molar refractivity (Wildman–Crippen MR) is 115 cm³/mol. The molecule has 26 heavy (non-hydrogen) atoms. The van der Waals surface area contributed by atoms with Crippen LogP contribution in [0.3, 0.4) is 0 Å². The fraction of sp³-hybridized carbons (Fsp3) is 1.00. The molecular weight excluding hydrogens is 312 g/mol. The maximum Gasteiger partial charge on any atom is 0 e. The normalized spacial score (nSPS) is 46.3. The van der Waals surface area contributed by atoms with Crippen LogP contribution >= 0.6 is 0 Å². The molecule has 4 saturated carbocycles. The first-order valence-corrected chi connectivity index (χ1v) is 12.7. The minimum Gasteiger partial charge on any atom is -0.0654 e. The lowest BCUT2D eigenvalue weighted by Crippen LogP contribution is -2.45. The summed E-state index contributed by atoms with van der Waals surface area (Å²) >= 11 is 0. The third kappa shape index (κ3) is 3.77. The lowest BCUT2D eigenvalue weighted by Gasteiger charge is -2.53. The molecule has 4 rings (SSSR count). The number of fused-ring (bicyclic) bond motifs is 5. The average molecular weight is 361 g/mol. The van der Waals surface area contributed by atoms with Crippen LogP contribution < -0.4 is 0 Å². The van der Waals surface area contributed by atoms with Gasteiger partial charge in [0.15, 0.2) is 0 Å². The van der Waals surface area contributed by atoms with E-state index in [1.54, 1.807) is 51.4 Å². The number of hydrogen-bond acceptors (Lipinski definition) is 0. The van der Waals surface area contributed by atoms with E-state index >= 15 is 0 Å².